The predicted molar refractivity (Wildman–Crippen MR) is 51.1 cm³/mol. The molecule has 0 aliphatic heterocycles. The van der Waals surface area contributed by atoms with Crippen LogP contribution in [0.15, 0.2) is 18.6 Å². The number of nitrogens with two attached hydrogens (primary N) is 1. The average molecular weight is 178 g/mol. The molecular formula is C7H7N4P. The highest BCUT2D eigenvalue weighted by molar-refractivity contribution is 7.26. The van der Waals surface area contributed by atoms with Gasteiger partial charge in [-0.2, -0.15) is 0 Å². The number of nitrogens with zero attached hydrogens (tertiary/aromatic N) is 3. The molecule has 0 aromatic carbocycles. The molecule has 1 atom stereocenters. The van der Waals surface area contributed by atoms with E-state index in [-0.39, 0.29) is 0 Å². The van der Waals surface area contributed by atoms with E-state index in [0.717, 1.165) is 16.3 Å². The zero-order chi connectivity index (χ0) is 8.55. The molecular weight excluding hydrogens is 171 g/mol. The number of hydrogen-bond donors (Lipinski definition) is 1. The third kappa shape index (κ3) is 1.10. The van der Waals surface area contributed by atoms with Crippen molar-refractivity contribution in [3.05, 3.63) is 18.6 Å². The molecule has 5 heteroatoms. The Hall–Kier alpha value is -1.28. The van der Waals surface area contributed by atoms with E-state index < -0.39 is 0 Å². The fourth-order valence-corrected chi connectivity index (χ4v) is 1.24. The minimum atomic E-state index is 0.492. The second-order valence-electron chi connectivity index (χ2n) is 2.39. The molecule has 2 heterocycles. The second kappa shape index (κ2) is 2.64. The van der Waals surface area contributed by atoms with Crippen LogP contribution in [-0.2, 0) is 0 Å². The molecule has 4 nitrogen and oxygen atoms in total. The normalized spacial score (nSPS) is 10.4. The first kappa shape index (κ1) is 7.37. The fourth-order valence-electron chi connectivity index (χ4n) is 0.995. The van der Waals surface area contributed by atoms with Crippen molar-refractivity contribution in [2.45, 2.75) is 0 Å². The van der Waals surface area contributed by atoms with E-state index in [2.05, 4.69) is 24.2 Å². The van der Waals surface area contributed by atoms with Crippen molar-refractivity contribution in [2.24, 2.45) is 0 Å². The lowest BCUT2D eigenvalue weighted by molar-refractivity contribution is 1.22. The van der Waals surface area contributed by atoms with Gasteiger partial charge >= 0.3 is 0 Å². The monoisotopic (exact) mass is 178 g/mol. The van der Waals surface area contributed by atoms with Crippen molar-refractivity contribution in [1.29, 1.82) is 0 Å². The molecule has 0 aliphatic rings. The van der Waals surface area contributed by atoms with Gasteiger partial charge < -0.3 is 5.73 Å². The van der Waals surface area contributed by atoms with Gasteiger partial charge in [0.2, 0.25) is 0 Å². The van der Waals surface area contributed by atoms with Crippen LogP contribution in [0.2, 0.25) is 0 Å². The third-order valence-electron chi connectivity index (χ3n) is 1.57. The van der Waals surface area contributed by atoms with Gasteiger partial charge in [-0.3, -0.25) is 4.98 Å². The first-order chi connectivity index (χ1) is 5.77. The van der Waals surface area contributed by atoms with Crippen LogP contribution in [0, 0.1) is 0 Å². The van der Waals surface area contributed by atoms with E-state index in [0.29, 0.717) is 5.82 Å². The van der Waals surface area contributed by atoms with Gasteiger partial charge in [0, 0.05) is 5.39 Å². The Morgan fingerprint density at radius 3 is 2.92 bits per heavy atom. The minimum Gasteiger partial charge on any atom is -0.383 e. The highest BCUT2D eigenvalue weighted by Crippen LogP contribution is 2.13. The van der Waals surface area contributed by atoms with Crippen molar-refractivity contribution in [2.75, 3.05) is 5.73 Å². The van der Waals surface area contributed by atoms with Gasteiger partial charge in [0.15, 0.2) is 0 Å². The molecule has 0 spiro atoms. The predicted octanol–water partition coefficient (Wildman–Crippen LogP) is 0.107. The molecule has 0 saturated carbocycles. The number of nitrogen functional groups attached to an aromatic ring is 1. The molecule has 0 aliphatic carbocycles. The summed E-state index contributed by atoms with van der Waals surface area (Å²) in [5.41, 5.74) is 7.25. The molecule has 2 aromatic rings. The highest BCUT2D eigenvalue weighted by atomic mass is 31.0. The number of pyridine rings is 1. The van der Waals surface area contributed by atoms with Crippen molar-refractivity contribution in [3.63, 3.8) is 0 Å². The van der Waals surface area contributed by atoms with E-state index in [1.165, 1.54) is 6.33 Å². The first-order valence-electron chi connectivity index (χ1n) is 3.39. The maximum atomic E-state index is 5.64. The van der Waals surface area contributed by atoms with E-state index in [1.54, 1.807) is 6.20 Å². The van der Waals surface area contributed by atoms with E-state index in [9.17, 15) is 0 Å². The Balaban J connectivity index is 2.88. The summed E-state index contributed by atoms with van der Waals surface area (Å²) in [6.45, 7) is 0. The van der Waals surface area contributed by atoms with Gasteiger partial charge in [-0.15, -0.1) is 0 Å². The van der Waals surface area contributed by atoms with Crippen LogP contribution in [0.25, 0.3) is 10.9 Å². The maximum absolute atomic E-state index is 5.64. The summed E-state index contributed by atoms with van der Waals surface area (Å²) in [7, 11) is 2.50. The molecule has 0 bridgehead atoms. The number of aromatic nitrogens is 3. The van der Waals surface area contributed by atoms with Crippen molar-refractivity contribution in [3.8, 4) is 0 Å². The van der Waals surface area contributed by atoms with Gasteiger partial charge in [0.25, 0.3) is 0 Å². The summed E-state index contributed by atoms with van der Waals surface area (Å²) in [5, 5.41) is 0.845. The molecule has 2 rings (SSSR count). The number of hydrogen-bond acceptors (Lipinski definition) is 4. The summed E-state index contributed by atoms with van der Waals surface area (Å²) in [6, 6.07) is 1.84. The Morgan fingerprint density at radius 1 is 1.25 bits per heavy atom. The van der Waals surface area contributed by atoms with Crippen LogP contribution in [0.3, 0.4) is 0 Å². The zero-order valence-corrected chi connectivity index (χ0v) is 7.38. The topological polar surface area (TPSA) is 64.7 Å². The summed E-state index contributed by atoms with van der Waals surface area (Å²) in [4.78, 5) is 12.0. The maximum Gasteiger partial charge on any atom is 0.134 e. The summed E-state index contributed by atoms with van der Waals surface area (Å²) >= 11 is 0. The molecule has 1 unspecified atom stereocenters. The fraction of sp³-hybridized carbons (Fsp3) is 0. The SMILES string of the molecule is Nc1ncnc2cnc(P)cc12. The molecule has 0 radical (unpaired) electrons. The molecule has 0 saturated heterocycles. The van der Waals surface area contributed by atoms with Crippen molar-refractivity contribution >= 4 is 31.4 Å². The van der Waals surface area contributed by atoms with Gasteiger partial charge in [0.1, 0.15) is 12.1 Å². The third-order valence-corrected chi connectivity index (χ3v) is 1.89. The van der Waals surface area contributed by atoms with Crippen LogP contribution in [0.5, 0.6) is 0 Å². The van der Waals surface area contributed by atoms with Crippen molar-refractivity contribution in [1.82, 2.24) is 15.0 Å². The van der Waals surface area contributed by atoms with Gasteiger partial charge in [-0.05, 0) is 6.07 Å². The van der Waals surface area contributed by atoms with E-state index in [1.807, 2.05) is 6.07 Å². The lowest BCUT2D eigenvalue weighted by Crippen LogP contribution is -2.00. The van der Waals surface area contributed by atoms with Gasteiger partial charge in [0.05, 0.1) is 17.1 Å². The van der Waals surface area contributed by atoms with Crippen LogP contribution >= 0.6 is 9.24 Å². The molecule has 60 valence electrons. The molecule has 0 fully saturated rings. The smallest absolute Gasteiger partial charge is 0.134 e. The Morgan fingerprint density at radius 2 is 2.08 bits per heavy atom. The Kier molecular flexibility index (Phi) is 1.62. The van der Waals surface area contributed by atoms with Crippen LogP contribution in [-0.4, -0.2) is 15.0 Å². The molecule has 12 heavy (non-hydrogen) atoms. The first-order valence-corrected chi connectivity index (χ1v) is 3.97. The van der Waals surface area contributed by atoms with Gasteiger partial charge in [-0.25, -0.2) is 9.97 Å². The number of fused-ring (bicyclic) bond motifs is 1. The van der Waals surface area contributed by atoms with Crippen LogP contribution in [0.1, 0.15) is 0 Å². The van der Waals surface area contributed by atoms with Crippen molar-refractivity contribution < 1.29 is 0 Å². The number of anilines is 1. The molecule has 2 aromatic heterocycles. The van der Waals surface area contributed by atoms with Gasteiger partial charge in [-0.1, -0.05) is 9.24 Å². The highest BCUT2D eigenvalue weighted by Gasteiger charge is 1.99. The Labute approximate surface area is 71.4 Å². The van der Waals surface area contributed by atoms with E-state index in [4.69, 9.17) is 5.73 Å². The zero-order valence-electron chi connectivity index (χ0n) is 6.23. The molecule has 0 amide bonds. The van der Waals surface area contributed by atoms with Crippen LogP contribution in [0.4, 0.5) is 5.82 Å². The average Bonchev–Trinajstić information content (AvgIpc) is 2.07. The number of rotatable bonds is 0. The minimum absolute atomic E-state index is 0.492. The summed E-state index contributed by atoms with van der Waals surface area (Å²) < 4.78 is 0. The Bertz CT molecular complexity index is 429. The molecule has 2 N–H and O–H groups in total. The van der Waals surface area contributed by atoms with E-state index >= 15 is 0 Å². The quantitative estimate of drug-likeness (QED) is 0.581. The standard InChI is InChI=1S/C7H7N4P/c8-7-4-1-6(12)9-2-5(4)10-3-11-7/h1-3H,12H2,(H2,8,10,11). The largest absolute Gasteiger partial charge is 0.383 e. The lowest BCUT2D eigenvalue weighted by Gasteiger charge is -1.99. The summed E-state index contributed by atoms with van der Waals surface area (Å²) in [6.07, 6.45) is 3.11. The second-order valence-corrected chi connectivity index (χ2v) is 2.98. The summed E-state index contributed by atoms with van der Waals surface area (Å²) in [5.74, 6) is 0.492. The lowest BCUT2D eigenvalue weighted by atomic mass is 10.3. The van der Waals surface area contributed by atoms with Crippen LogP contribution < -0.4 is 11.2 Å².